The Balaban J connectivity index is 1.94. The maximum absolute atomic E-state index is 12.2. The topological polar surface area (TPSA) is 161 Å². The molecule has 0 spiro atoms. The van der Waals surface area contributed by atoms with Crippen LogP contribution in [0.1, 0.15) is 12.0 Å². The van der Waals surface area contributed by atoms with Crippen LogP contribution in [-0.2, 0) is 40.3 Å². The minimum Gasteiger partial charge on any atom is -0.445 e. The molecule has 0 saturated carbocycles. The number of hydrogen-bond acceptors (Lipinski definition) is 10. The van der Waals surface area contributed by atoms with Gasteiger partial charge in [0.2, 0.25) is 3.79 Å². The summed E-state index contributed by atoms with van der Waals surface area (Å²) < 4.78 is 64.5. The number of amidine groups is 1. The molecular formula is C17H23Cl3N4O8S3. The number of thioether (sulfide) groups is 1. The fourth-order valence-electron chi connectivity index (χ4n) is 2.62. The largest absolute Gasteiger partial charge is 0.445 e. The summed E-state index contributed by atoms with van der Waals surface area (Å²) in [7, 11) is -8.34. The first-order valence-electron chi connectivity index (χ1n) is 9.75. The average Bonchev–Trinajstić information content (AvgIpc) is 2.77. The van der Waals surface area contributed by atoms with Crippen LogP contribution in [0.3, 0.4) is 0 Å². The van der Waals surface area contributed by atoms with Gasteiger partial charge in [-0.15, -0.1) is 0 Å². The summed E-state index contributed by atoms with van der Waals surface area (Å²) in [5, 5.41) is 2.52. The molecule has 1 fully saturated rings. The van der Waals surface area contributed by atoms with Crippen LogP contribution >= 0.6 is 46.6 Å². The average molecular weight is 614 g/mol. The number of amides is 1. The Morgan fingerprint density at radius 1 is 1.31 bits per heavy atom. The molecule has 0 unspecified atom stereocenters. The van der Waals surface area contributed by atoms with Crippen LogP contribution in [0.2, 0.25) is 0 Å². The number of nitrogens with zero attached hydrogens (tertiary/aromatic N) is 1. The molecule has 12 nitrogen and oxygen atoms in total. The molecule has 3 N–H and O–H groups in total. The summed E-state index contributed by atoms with van der Waals surface area (Å²) in [6.07, 6.45) is 0.883. The van der Waals surface area contributed by atoms with Crippen molar-refractivity contribution in [2.75, 3.05) is 26.0 Å². The number of alkyl carbamates (subject to hydrolysis) is 1. The zero-order chi connectivity index (χ0) is 26.1. The fraction of sp³-hybridized carbons (Fsp3) is 0.529. The Kier molecular flexibility index (Phi) is 11.6. The predicted octanol–water partition coefficient (Wildman–Crippen LogP) is 1.84. The van der Waals surface area contributed by atoms with Crippen molar-refractivity contribution in [2.45, 2.75) is 28.9 Å². The van der Waals surface area contributed by atoms with Crippen LogP contribution in [0.15, 0.2) is 35.3 Å². The number of benzene rings is 1. The van der Waals surface area contributed by atoms with E-state index in [9.17, 15) is 21.6 Å². The van der Waals surface area contributed by atoms with Gasteiger partial charge in [-0.05, 0) is 18.2 Å². The third-order valence-electron chi connectivity index (χ3n) is 4.18. The molecule has 35 heavy (non-hydrogen) atoms. The second-order valence-corrected chi connectivity index (χ2v) is 12.9. The van der Waals surface area contributed by atoms with Crippen molar-refractivity contribution in [1.82, 2.24) is 14.8 Å². The Morgan fingerprint density at radius 2 is 2.00 bits per heavy atom. The molecule has 1 aromatic carbocycles. The molecule has 0 aliphatic carbocycles. The maximum Gasteiger partial charge on any atom is 0.407 e. The van der Waals surface area contributed by atoms with E-state index in [-0.39, 0.29) is 31.3 Å². The second kappa shape index (κ2) is 13.5. The van der Waals surface area contributed by atoms with Crippen molar-refractivity contribution < 1.29 is 34.7 Å². The lowest BCUT2D eigenvalue weighted by Crippen LogP contribution is -2.58. The van der Waals surface area contributed by atoms with E-state index in [0.29, 0.717) is 0 Å². The Hall–Kier alpha value is -1.04. The number of carbonyl (C=O) groups excluding carboxylic acids is 1. The highest BCUT2D eigenvalue weighted by Crippen LogP contribution is 2.26. The molecule has 1 amide bonds. The summed E-state index contributed by atoms with van der Waals surface area (Å²) in [5.74, 6) is 0. The zero-order valence-electron chi connectivity index (χ0n) is 18.1. The van der Waals surface area contributed by atoms with E-state index in [4.69, 9.17) is 43.7 Å². The van der Waals surface area contributed by atoms with Gasteiger partial charge >= 0.3 is 26.7 Å². The number of rotatable bonds is 9. The molecule has 0 bridgehead atoms. The molecule has 2 atom stereocenters. The first kappa shape index (κ1) is 30.2. The van der Waals surface area contributed by atoms with Crippen LogP contribution in [0.25, 0.3) is 0 Å². The van der Waals surface area contributed by atoms with E-state index in [1.807, 2.05) is 6.07 Å². The highest BCUT2D eigenvalue weighted by molar-refractivity contribution is 8.14. The molecule has 1 heterocycles. The fourth-order valence-corrected chi connectivity index (χ4v) is 5.56. The lowest BCUT2D eigenvalue weighted by molar-refractivity contribution is 0.122. The van der Waals surface area contributed by atoms with Gasteiger partial charge in [0.1, 0.15) is 13.2 Å². The molecule has 1 aliphatic heterocycles. The van der Waals surface area contributed by atoms with E-state index in [0.717, 1.165) is 17.3 Å². The monoisotopic (exact) mass is 612 g/mol. The van der Waals surface area contributed by atoms with Crippen LogP contribution in [0.4, 0.5) is 4.79 Å². The second-order valence-electron chi connectivity index (χ2n) is 6.89. The van der Waals surface area contributed by atoms with Gasteiger partial charge in [-0.3, -0.25) is 9.18 Å². The van der Waals surface area contributed by atoms with Gasteiger partial charge in [-0.2, -0.15) is 21.6 Å². The highest BCUT2D eigenvalue weighted by Gasteiger charge is 2.34. The van der Waals surface area contributed by atoms with Gasteiger partial charge < -0.3 is 10.1 Å². The summed E-state index contributed by atoms with van der Waals surface area (Å²) in [6.45, 7) is -1.03. The number of ether oxygens (including phenoxy) is 1. The maximum atomic E-state index is 12.2. The Labute approximate surface area is 222 Å². The van der Waals surface area contributed by atoms with E-state index in [2.05, 4.69) is 23.9 Å². The van der Waals surface area contributed by atoms with Gasteiger partial charge in [0.25, 0.3) is 0 Å². The molecule has 1 aliphatic rings. The zero-order valence-corrected chi connectivity index (χ0v) is 22.9. The number of hydrogen-bond donors (Lipinski definition) is 3. The standard InChI is InChI=1S/C17H23Cl3N4O8S3/c1-33-15(24-35(28,29)32-11-17(18,19)20)21-8-7-13-14(10-31-34(26,27)23-13)22-16(25)30-9-12-5-3-2-4-6-12/h2-6,13-14,23H,7-11H2,1H3,(H,21,24)(H,22,25)/t13-,14-/m1/s1. The van der Waals surface area contributed by atoms with E-state index >= 15 is 0 Å². The molecular weight excluding hydrogens is 591 g/mol. The molecule has 18 heteroatoms. The Morgan fingerprint density at radius 3 is 2.63 bits per heavy atom. The first-order chi connectivity index (χ1) is 16.3. The van der Waals surface area contributed by atoms with E-state index in [1.165, 1.54) is 0 Å². The minimum absolute atomic E-state index is 0.0203. The van der Waals surface area contributed by atoms with Crippen LogP contribution in [0.5, 0.6) is 0 Å². The van der Waals surface area contributed by atoms with E-state index < -0.39 is 49.2 Å². The number of nitrogens with one attached hydrogen (secondary N) is 3. The molecule has 0 radical (unpaired) electrons. The van der Waals surface area contributed by atoms with Crippen LogP contribution in [0, 0.1) is 0 Å². The Bertz CT molecular complexity index is 1090. The quantitative estimate of drug-likeness (QED) is 0.214. The number of aliphatic imine (C=N–C) groups is 1. The van der Waals surface area contributed by atoms with E-state index in [1.54, 1.807) is 30.5 Å². The third-order valence-corrected chi connectivity index (χ3v) is 7.16. The van der Waals surface area contributed by atoms with Crippen molar-refractivity contribution in [3.63, 3.8) is 0 Å². The number of halogens is 3. The number of carbonyl (C=O) groups is 1. The minimum atomic E-state index is -4.32. The van der Waals surface area contributed by atoms with Crippen molar-refractivity contribution in [3.05, 3.63) is 35.9 Å². The van der Waals surface area contributed by atoms with Gasteiger partial charge in [0.05, 0.1) is 12.6 Å². The molecule has 0 aromatic heterocycles. The van der Waals surface area contributed by atoms with Crippen LogP contribution in [-0.4, -0.2) is 70.0 Å². The summed E-state index contributed by atoms with van der Waals surface area (Å²) >= 11 is 17.4. The van der Waals surface area contributed by atoms with Crippen LogP contribution < -0.4 is 14.8 Å². The summed E-state index contributed by atoms with van der Waals surface area (Å²) in [5.41, 5.74) is 0.777. The van der Waals surface area contributed by atoms with Crippen molar-refractivity contribution in [3.8, 4) is 0 Å². The lowest BCUT2D eigenvalue weighted by atomic mass is 10.1. The summed E-state index contributed by atoms with van der Waals surface area (Å²) in [6, 6.07) is 7.42. The molecule has 1 aromatic rings. The van der Waals surface area contributed by atoms with Gasteiger partial charge in [0.15, 0.2) is 5.17 Å². The predicted molar refractivity (Wildman–Crippen MR) is 134 cm³/mol. The number of alkyl halides is 3. The summed E-state index contributed by atoms with van der Waals surface area (Å²) in [4.78, 5) is 16.3. The highest BCUT2D eigenvalue weighted by atomic mass is 35.6. The molecule has 1 saturated heterocycles. The van der Waals surface area contributed by atoms with Crippen molar-refractivity contribution in [2.24, 2.45) is 4.99 Å². The first-order valence-corrected chi connectivity index (χ1v) is 14.9. The van der Waals surface area contributed by atoms with Gasteiger partial charge in [-0.1, -0.05) is 76.9 Å². The van der Waals surface area contributed by atoms with Gasteiger partial charge in [-0.25, -0.2) is 13.7 Å². The smallest absolute Gasteiger partial charge is 0.407 e. The van der Waals surface area contributed by atoms with Crippen molar-refractivity contribution >= 4 is 78.4 Å². The third kappa shape index (κ3) is 12.2. The van der Waals surface area contributed by atoms with Crippen molar-refractivity contribution in [1.29, 1.82) is 0 Å². The SMILES string of the molecule is CSC(=NCC[C@H]1NS(=O)(=O)OC[C@H]1NC(=O)OCc1ccccc1)NS(=O)(=O)OCC(Cl)(Cl)Cl. The van der Waals surface area contributed by atoms with Gasteiger partial charge in [0, 0.05) is 12.6 Å². The molecule has 2 rings (SSSR count). The molecule has 198 valence electrons. The normalized spacial score (nSPS) is 20.7. The lowest BCUT2D eigenvalue weighted by Gasteiger charge is -2.31.